The number of nitrogens with zero attached hydrogens (tertiary/aromatic N) is 1. The van der Waals surface area contributed by atoms with Crippen molar-refractivity contribution in [1.82, 2.24) is 4.98 Å². The Bertz CT molecular complexity index is 280. The molecule has 5 heteroatoms. The number of alkyl halides is 3. The van der Waals surface area contributed by atoms with E-state index < -0.39 is 6.43 Å². The fourth-order valence-corrected chi connectivity index (χ4v) is 1.41. The Hall–Kier alpha value is 0.0300. The standard InChI is InChI=1S/C7H5ClF2IN/c8-2-4-1-5(6(9)10)7(11)12-3-4/h1,3,6H,2H2. The lowest BCUT2D eigenvalue weighted by molar-refractivity contribution is 0.150. The minimum Gasteiger partial charge on any atom is -0.249 e. The predicted molar refractivity (Wildman–Crippen MR) is 51.5 cm³/mol. The van der Waals surface area contributed by atoms with E-state index in [9.17, 15) is 8.78 Å². The molecule has 12 heavy (non-hydrogen) atoms. The van der Waals surface area contributed by atoms with Crippen LogP contribution in [0.1, 0.15) is 17.6 Å². The van der Waals surface area contributed by atoms with Crippen LogP contribution in [0.5, 0.6) is 0 Å². The molecule has 0 saturated heterocycles. The van der Waals surface area contributed by atoms with Crippen LogP contribution in [-0.4, -0.2) is 4.98 Å². The summed E-state index contributed by atoms with van der Waals surface area (Å²) in [4.78, 5) is 3.79. The number of halogens is 4. The van der Waals surface area contributed by atoms with Crippen LogP contribution in [-0.2, 0) is 5.88 Å². The van der Waals surface area contributed by atoms with Crippen LogP contribution in [0.2, 0.25) is 0 Å². The summed E-state index contributed by atoms with van der Waals surface area (Å²) in [7, 11) is 0. The molecule has 0 radical (unpaired) electrons. The summed E-state index contributed by atoms with van der Waals surface area (Å²) in [5.41, 5.74) is 0.570. The summed E-state index contributed by atoms with van der Waals surface area (Å²) in [5, 5.41) is 0. The lowest BCUT2D eigenvalue weighted by Gasteiger charge is -2.03. The molecule has 1 aromatic rings. The second-order valence-electron chi connectivity index (χ2n) is 2.16. The number of rotatable bonds is 2. The van der Waals surface area contributed by atoms with Gasteiger partial charge in [-0.1, -0.05) is 0 Å². The van der Waals surface area contributed by atoms with E-state index in [0.29, 0.717) is 9.26 Å². The number of hydrogen-bond donors (Lipinski definition) is 0. The van der Waals surface area contributed by atoms with Crippen molar-refractivity contribution < 1.29 is 8.78 Å². The van der Waals surface area contributed by atoms with E-state index in [2.05, 4.69) is 4.98 Å². The van der Waals surface area contributed by atoms with E-state index >= 15 is 0 Å². The largest absolute Gasteiger partial charge is 0.266 e. The minimum atomic E-state index is -2.48. The Morgan fingerprint density at radius 2 is 2.25 bits per heavy atom. The first-order valence-electron chi connectivity index (χ1n) is 3.13. The van der Waals surface area contributed by atoms with E-state index in [1.54, 1.807) is 22.6 Å². The second-order valence-corrected chi connectivity index (χ2v) is 3.45. The maximum absolute atomic E-state index is 12.3. The van der Waals surface area contributed by atoms with Crippen molar-refractivity contribution in [3.63, 3.8) is 0 Å². The van der Waals surface area contributed by atoms with E-state index in [1.165, 1.54) is 12.3 Å². The molecule has 0 aliphatic heterocycles. The summed E-state index contributed by atoms with van der Waals surface area (Å²) in [6.45, 7) is 0. The highest BCUT2D eigenvalue weighted by Crippen LogP contribution is 2.24. The fraction of sp³-hybridized carbons (Fsp3) is 0.286. The molecule has 1 nitrogen and oxygen atoms in total. The van der Waals surface area contributed by atoms with Crippen LogP contribution in [0, 0.1) is 3.70 Å². The molecule has 1 aromatic heterocycles. The van der Waals surface area contributed by atoms with Crippen molar-refractivity contribution in [1.29, 1.82) is 0 Å². The molecule has 66 valence electrons. The van der Waals surface area contributed by atoms with Gasteiger partial charge in [-0.2, -0.15) is 0 Å². The Morgan fingerprint density at radius 1 is 1.58 bits per heavy atom. The number of aromatic nitrogens is 1. The molecular weight excluding hydrogens is 298 g/mol. The molecule has 0 aliphatic rings. The third-order valence-electron chi connectivity index (χ3n) is 1.31. The van der Waals surface area contributed by atoms with E-state index in [0.717, 1.165) is 0 Å². The average Bonchev–Trinajstić information content (AvgIpc) is 2.05. The monoisotopic (exact) mass is 303 g/mol. The lowest BCUT2D eigenvalue weighted by atomic mass is 10.2. The van der Waals surface area contributed by atoms with Crippen LogP contribution in [0.3, 0.4) is 0 Å². The van der Waals surface area contributed by atoms with Crippen molar-refractivity contribution in [2.24, 2.45) is 0 Å². The molecule has 0 fully saturated rings. The Kier molecular flexibility index (Phi) is 3.64. The number of pyridine rings is 1. The average molecular weight is 303 g/mol. The van der Waals surface area contributed by atoms with Crippen LogP contribution < -0.4 is 0 Å². The molecule has 0 unspecified atom stereocenters. The molecule has 1 heterocycles. The summed E-state index contributed by atoms with van der Waals surface area (Å²) < 4.78 is 24.8. The van der Waals surface area contributed by atoms with Crippen LogP contribution in [0.25, 0.3) is 0 Å². The summed E-state index contributed by atoms with van der Waals surface area (Å²) in [6.07, 6.45) is -0.978. The maximum Gasteiger partial charge on any atom is 0.266 e. The molecule has 0 bridgehead atoms. The molecule has 0 aliphatic carbocycles. The first kappa shape index (κ1) is 10.1. The normalized spacial score (nSPS) is 10.8. The van der Waals surface area contributed by atoms with Crippen molar-refractivity contribution in [3.05, 3.63) is 27.1 Å². The van der Waals surface area contributed by atoms with Gasteiger partial charge in [0.2, 0.25) is 0 Å². The molecule has 0 N–H and O–H groups in total. The Balaban J connectivity index is 3.08. The molecule has 1 rings (SSSR count). The third-order valence-corrected chi connectivity index (χ3v) is 2.52. The van der Waals surface area contributed by atoms with Crippen LogP contribution >= 0.6 is 34.2 Å². The lowest BCUT2D eigenvalue weighted by Crippen LogP contribution is -1.94. The highest BCUT2D eigenvalue weighted by Gasteiger charge is 2.12. The molecule has 0 saturated carbocycles. The van der Waals surface area contributed by atoms with Gasteiger partial charge in [-0.3, -0.25) is 0 Å². The van der Waals surface area contributed by atoms with E-state index in [-0.39, 0.29) is 11.4 Å². The Labute approximate surface area is 87.3 Å². The predicted octanol–water partition coefficient (Wildman–Crippen LogP) is 3.36. The van der Waals surface area contributed by atoms with Gasteiger partial charge < -0.3 is 0 Å². The highest BCUT2D eigenvalue weighted by molar-refractivity contribution is 14.1. The first-order valence-corrected chi connectivity index (χ1v) is 4.75. The van der Waals surface area contributed by atoms with Gasteiger partial charge in [-0.15, -0.1) is 11.6 Å². The van der Waals surface area contributed by atoms with Gasteiger partial charge in [-0.05, 0) is 34.2 Å². The zero-order valence-electron chi connectivity index (χ0n) is 5.90. The summed E-state index contributed by atoms with van der Waals surface area (Å²) >= 11 is 7.24. The van der Waals surface area contributed by atoms with Gasteiger partial charge in [0.15, 0.2) is 0 Å². The van der Waals surface area contributed by atoms with Gasteiger partial charge in [-0.25, -0.2) is 13.8 Å². The molecule has 0 atom stereocenters. The topological polar surface area (TPSA) is 12.9 Å². The highest BCUT2D eigenvalue weighted by atomic mass is 127. The minimum absolute atomic E-state index is 0.0475. The van der Waals surface area contributed by atoms with Crippen molar-refractivity contribution in [3.8, 4) is 0 Å². The van der Waals surface area contributed by atoms with Crippen molar-refractivity contribution in [2.75, 3.05) is 0 Å². The summed E-state index contributed by atoms with van der Waals surface area (Å²) in [5.74, 6) is 0.212. The van der Waals surface area contributed by atoms with Gasteiger partial charge >= 0.3 is 0 Å². The van der Waals surface area contributed by atoms with Gasteiger partial charge in [0, 0.05) is 17.6 Å². The van der Waals surface area contributed by atoms with Gasteiger partial charge in [0.05, 0.1) is 0 Å². The van der Waals surface area contributed by atoms with E-state index in [4.69, 9.17) is 11.6 Å². The zero-order valence-corrected chi connectivity index (χ0v) is 8.81. The quantitative estimate of drug-likeness (QED) is 0.464. The first-order chi connectivity index (χ1) is 5.65. The molecule has 0 amide bonds. The smallest absolute Gasteiger partial charge is 0.249 e. The van der Waals surface area contributed by atoms with Crippen LogP contribution in [0.15, 0.2) is 12.3 Å². The molecule has 0 aromatic carbocycles. The van der Waals surface area contributed by atoms with Crippen molar-refractivity contribution >= 4 is 34.2 Å². The SMILES string of the molecule is FC(F)c1cc(CCl)cnc1I. The van der Waals surface area contributed by atoms with Crippen molar-refractivity contribution in [2.45, 2.75) is 12.3 Å². The Morgan fingerprint density at radius 3 is 2.75 bits per heavy atom. The molecule has 0 spiro atoms. The zero-order chi connectivity index (χ0) is 9.14. The van der Waals surface area contributed by atoms with Crippen LogP contribution in [0.4, 0.5) is 8.78 Å². The number of hydrogen-bond acceptors (Lipinski definition) is 1. The van der Waals surface area contributed by atoms with E-state index in [1.807, 2.05) is 0 Å². The second kappa shape index (κ2) is 4.32. The summed E-state index contributed by atoms with van der Waals surface area (Å²) in [6, 6.07) is 1.38. The molecular formula is C7H5ClF2IN. The maximum atomic E-state index is 12.3. The fourth-order valence-electron chi connectivity index (χ4n) is 0.737. The van der Waals surface area contributed by atoms with Gasteiger partial charge in [0.25, 0.3) is 6.43 Å². The third kappa shape index (κ3) is 2.26. The van der Waals surface area contributed by atoms with Gasteiger partial charge in [0.1, 0.15) is 3.70 Å².